The standard InChI is InChI=1S/C19H19N3O3S2/c1-27(24,25)15-6-4-5-14(13-15)18(23)21-9-11-22(12-10-21)19-20-16-7-2-3-8-17(16)26-19/h2-8,13H,9-12H2,1H3. The maximum absolute atomic E-state index is 12.8. The number of benzene rings is 2. The van der Waals surface area contributed by atoms with Crippen molar-refractivity contribution in [1.29, 1.82) is 0 Å². The second kappa shape index (κ2) is 6.94. The number of aromatic nitrogens is 1. The summed E-state index contributed by atoms with van der Waals surface area (Å²) in [4.78, 5) is 21.6. The Morgan fingerprint density at radius 2 is 1.78 bits per heavy atom. The summed E-state index contributed by atoms with van der Waals surface area (Å²) < 4.78 is 24.6. The number of fused-ring (bicyclic) bond motifs is 1. The Kier molecular flexibility index (Phi) is 4.61. The minimum absolute atomic E-state index is 0.135. The second-order valence-corrected chi connectivity index (χ2v) is 9.57. The molecule has 1 aliphatic rings. The molecule has 6 nitrogen and oxygen atoms in total. The van der Waals surface area contributed by atoms with Crippen LogP contribution in [-0.2, 0) is 9.84 Å². The molecule has 0 spiro atoms. The summed E-state index contributed by atoms with van der Waals surface area (Å²) in [5.41, 5.74) is 1.40. The van der Waals surface area contributed by atoms with Crippen LogP contribution in [0.5, 0.6) is 0 Å². The van der Waals surface area contributed by atoms with Crippen LogP contribution in [-0.4, -0.2) is 56.6 Å². The fraction of sp³-hybridized carbons (Fsp3) is 0.263. The monoisotopic (exact) mass is 401 g/mol. The van der Waals surface area contributed by atoms with Crippen molar-refractivity contribution < 1.29 is 13.2 Å². The Morgan fingerprint density at radius 1 is 1.04 bits per heavy atom. The molecule has 2 heterocycles. The highest BCUT2D eigenvalue weighted by Gasteiger charge is 2.24. The van der Waals surface area contributed by atoms with Crippen LogP contribution in [0, 0.1) is 0 Å². The zero-order chi connectivity index (χ0) is 19.0. The van der Waals surface area contributed by atoms with Gasteiger partial charge in [-0.15, -0.1) is 0 Å². The predicted molar refractivity (Wildman–Crippen MR) is 107 cm³/mol. The van der Waals surface area contributed by atoms with Crippen molar-refractivity contribution in [3.05, 3.63) is 54.1 Å². The van der Waals surface area contributed by atoms with Crippen molar-refractivity contribution in [3.8, 4) is 0 Å². The van der Waals surface area contributed by atoms with E-state index in [0.29, 0.717) is 31.7 Å². The van der Waals surface area contributed by atoms with Gasteiger partial charge in [-0.3, -0.25) is 4.79 Å². The van der Waals surface area contributed by atoms with Gasteiger partial charge in [0.15, 0.2) is 15.0 Å². The molecular formula is C19H19N3O3S2. The first kappa shape index (κ1) is 17.9. The summed E-state index contributed by atoms with van der Waals surface area (Å²) in [7, 11) is -3.33. The molecule has 0 unspecified atom stereocenters. The number of amides is 1. The zero-order valence-corrected chi connectivity index (χ0v) is 16.5. The molecule has 0 aliphatic carbocycles. The molecular weight excluding hydrogens is 382 g/mol. The van der Waals surface area contributed by atoms with Gasteiger partial charge in [-0.2, -0.15) is 0 Å². The third kappa shape index (κ3) is 3.68. The van der Waals surface area contributed by atoms with Crippen molar-refractivity contribution in [2.75, 3.05) is 37.3 Å². The minimum Gasteiger partial charge on any atom is -0.345 e. The van der Waals surface area contributed by atoms with E-state index in [2.05, 4.69) is 16.0 Å². The van der Waals surface area contributed by atoms with E-state index in [9.17, 15) is 13.2 Å². The average molecular weight is 402 g/mol. The van der Waals surface area contributed by atoms with E-state index >= 15 is 0 Å². The van der Waals surface area contributed by atoms with Crippen LogP contribution in [0.2, 0.25) is 0 Å². The van der Waals surface area contributed by atoms with E-state index in [1.165, 1.54) is 12.1 Å². The van der Waals surface area contributed by atoms with Crippen LogP contribution in [0.15, 0.2) is 53.4 Å². The number of carbonyl (C=O) groups is 1. The quantitative estimate of drug-likeness (QED) is 0.675. The lowest BCUT2D eigenvalue weighted by Crippen LogP contribution is -2.48. The first-order valence-electron chi connectivity index (χ1n) is 8.62. The van der Waals surface area contributed by atoms with Gasteiger partial charge in [0.05, 0.1) is 15.1 Å². The van der Waals surface area contributed by atoms with Crippen molar-refractivity contribution in [3.63, 3.8) is 0 Å². The van der Waals surface area contributed by atoms with E-state index in [1.54, 1.807) is 28.4 Å². The van der Waals surface area contributed by atoms with Gasteiger partial charge in [-0.25, -0.2) is 13.4 Å². The number of hydrogen-bond donors (Lipinski definition) is 0. The lowest BCUT2D eigenvalue weighted by atomic mass is 10.2. The Hall–Kier alpha value is -2.45. The van der Waals surface area contributed by atoms with E-state index < -0.39 is 9.84 Å². The third-order valence-electron chi connectivity index (χ3n) is 4.63. The molecule has 0 N–H and O–H groups in total. The van der Waals surface area contributed by atoms with Gasteiger partial charge < -0.3 is 9.80 Å². The molecule has 0 radical (unpaired) electrons. The van der Waals surface area contributed by atoms with E-state index in [1.807, 2.05) is 18.2 Å². The lowest BCUT2D eigenvalue weighted by molar-refractivity contribution is 0.0746. The van der Waals surface area contributed by atoms with Crippen LogP contribution in [0.1, 0.15) is 10.4 Å². The number of piperazine rings is 1. The normalized spacial score (nSPS) is 15.3. The summed E-state index contributed by atoms with van der Waals surface area (Å²) in [5.74, 6) is -0.135. The largest absolute Gasteiger partial charge is 0.345 e. The van der Waals surface area contributed by atoms with Gasteiger partial charge in [0.25, 0.3) is 5.91 Å². The van der Waals surface area contributed by atoms with Crippen LogP contribution in [0.4, 0.5) is 5.13 Å². The van der Waals surface area contributed by atoms with Crippen molar-refractivity contribution in [2.45, 2.75) is 4.90 Å². The smallest absolute Gasteiger partial charge is 0.254 e. The maximum Gasteiger partial charge on any atom is 0.254 e. The molecule has 27 heavy (non-hydrogen) atoms. The maximum atomic E-state index is 12.8. The number of para-hydroxylation sites is 1. The molecule has 140 valence electrons. The summed E-state index contributed by atoms with van der Waals surface area (Å²) in [6.45, 7) is 2.57. The molecule has 1 saturated heterocycles. The number of hydrogen-bond acceptors (Lipinski definition) is 6. The Morgan fingerprint density at radius 3 is 2.48 bits per heavy atom. The van der Waals surface area contributed by atoms with Crippen molar-refractivity contribution >= 4 is 42.4 Å². The summed E-state index contributed by atoms with van der Waals surface area (Å²) in [6.07, 6.45) is 1.15. The number of anilines is 1. The molecule has 1 fully saturated rings. The lowest BCUT2D eigenvalue weighted by Gasteiger charge is -2.34. The Labute approximate surface area is 162 Å². The molecule has 3 aromatic rings. The molecule has 2 aromatic carbocycles. The molecule has 0 saturated carbocycles. The Bertz CT molecular complexity index is 1070. The topological polar surface area (TPSA) is 70.6 Å². The molecule has 0 bridgehead atoms. The first-order valence-corrected chi connectivity index (χ1v) is 11.3. The predicted octanol–water partition coefficient (Wildman–Crippen LogP) is 2.66. The van der Waals surface area contributed by atoms with E-state index in [-0.39, 0.29) is 10.8 Å². The first-order chi connectivity index (χ1) is 12.9. The highest BCUT2D eigenvalue weighted by atomic mass is 32.2. The number of nitrogens with zero attached hydrogens (tertiary/aromatic N) is 3. The SMILES string of the molecule is CS(=O)(=O)c1cccc(C(=O)N2CCN(c3nc4ccccc4s3)CC2)c1. The number of carbonyl (C=O) groups excluding carboxylic acids is 1. The fourth-order valence-electron chi connectivity index (χ4n) is 3.14. The third-order valence-corrected chi connectivity index (χ3v) is 6.84. The molecule has 0 atom stereocenters. The fourth-order valence-corrected chi connectivity index (χ4v) is 4.82. The summed E-state index contributed by atoms with van der Waals surface area (Å²) in [6, 6.07) is 14.3. The van der Waals surface area contributed by atoms with E-state index in [4.69, 9.17) is 0 Å². The van der Waals surface area contributed by atoms with Crippen molar-refractivity contribution in [1.82, 2.24) is 9.88 Å². The van der Waals surface area contributed by atoms with Crippen molar-refractivity contribution in [2.24, 2.45) is 0 Å². The summed E-state index contributed by atoms with van der Waals surface area (Å²) >= 11 is 1.66. The van der Waals surface area contributed by atoms with Gasteiger partial charge in [-0.05, 0) is 30.3 Å². The molecule has 1 amide bonds. The van der Waals surface area contributed by atoms with Crippen LogP contribution in [0.25, 0.3) is 10.2 Å². The highest BCUT2D eigenvalue weighted by molar-refractivity contribution is 7.90. The van der Waals surface area contributed by atoms with Gasteiger partial charge in [0, 0.05) is 38.0 Å². The van der Waals surface area contributed by atoms with Crippen LogP contribution in [0.3, 0.4) is 0 Å². The molecule has 8 heteroatoms. The van der Waals surface area contributed by atoms with E-state index in [0.717, 1.165) is 21.6 Å². The Balaban J connectivity index is 1.46. The highest BCUT2D eigenvalue weighted by Crippen LogP contribution is 2.29. The zero-order valence-electron chi connectivity index (χ0n) is 14.8. The number of rotatable bonds is 3. The number of sulfone groups is 1. The van der Waals surface area contributed by atoms with Crippen LogP contribution >= 0.6 is 11.3 Å². The molecule has 4 rings (SSSR count). The van der Waals surface area contributed by atoms with Crippen LogP contribution < -0.4 is 4.90 Å². The van der Waals surface area contributed by atoms with Gasteiger partial charge >= 0.3 is 0 Å². The second-order valence-electron chi connectivity index (χ2n) is 6.54. The van der Waals surface area contributed by atoms with Gasteiger partial charge in [0.2, 0.25) is 0 Å². The summed E-state index contributed by atoms with van der Waals surface area (Å²) in [5, 5.41) is 0.974. The van der Waals surface area contributed by atoms with Gasteiger partial charge in [0.1, 0.15) is 0 Å². The minimum atomic E-state index is -3.33. The average Bonchev–Trinajstić information content (AvgIpc) is 3.11. The number of thiazole rings is 1. The van der Waals surface area contributed by atoms with Gasteiger partial charge in [-0.1, -0.05) is 29.5 Å². The molecule has 1 aromatic heterocycles. The molecule has 1 aliphatic heterocycles.